The SMILES string of the molecule is Cc1c(CNC(=O)OCC2c3ccccc3-c3ccccc32)cc(N2CCN(C(=O)OC(C)(C)C)CC2)cc1[B-](F)(F)F.[K+]. The van der Waals surface area contributed by atoms with Gasteiger partial charge in [-0.25, -0.2) is 9.59 Å². The Bertz CT molecular complexity index is 1480. The summed E-state index contributed by atoms with van der Waals surface area (Å²) in [7, 11) is 0. The zero-order valence-corrected chi connectivity index (χ0v) is 29.0. The normalized spacial score (nSPS) is 14.8. The van der Waals surface area contributed by atoms with Crippen LogP contribution in [0.1, 0.15) is 48.9 Å². The molecule has 1 aliphatic heterocycles. The second kappa shape index (κ2) is 13.9. The van der Waals surface area contributed by atoms with E-state index in [0.29, 0.717) is 37.4 Å². The van der Waals surface area contributed by atoms with Crippen molar-refractivity contribution in [2.45, 2.75) is 45.8 Å². The van der Waals surface area contributed by atoms with E-state index in [9.17, 15) is 22.5 Å². The van der Waals surface area contributed by atoms with Crippen LogP contribution < -0.4 is 67.1 Å². The number of halogens is 3. The van der Waals surface area contributed by atoms with Crippen molar-refractivity contribution in [1.29, 1.82) is 0 Å². The second-order valence-corrected chi connectivity index (χ2v) is 12.0. The summed E-state index contributed by atoms with van der Waals surface area (Å²) in [6, 6.07) is 18.8. The zero-order chi connectivity index (χ0) is 30.9. The molecule has 1 saturated heterocycles. The van der Waals surface area contributed by atoms with Crippen LogP contribution in [0, 0.1) is 6.92 Å². The van der Waals surface area contributed by atoms with Crippen molar-refractivity contribution in [3.8, 4) is 11.1 Å². The number of nitrogens with one attached hydrogen (secondary N) is 1. The van der Waals surface area contributed by atoms with Crippen LogP contribution in [-0.2, 0) is 16.0 Å². The number of amides is 2. The summed E-state index contributed by atoms with van der Waals surface area (Å²) in [5.41, 5.74) is 3.85. The molecule has 7 nitrogen and oxygen atoms in total. The molecule has 1 fully saturated rings. The number of benzene rings is 3. The monoisotopic (exact) mass is 633 g/mol. The molecule has 3 aromatic rings. The minimum absolute atomic E-state index is 0. The molecule has 0 unspecified atom stereocenters. The molecule has 12 heteroatoms. The third-order valence-corrected chi connectivity index (χ3v) is 7.96. The molecule has 1 heterocycles. The van der Waals surface area contributed by atoms with Gasteiger partial charge in [0.2, 0.25) is 0 Å². The number of nitrogens with zero attached hydrogens (tertiary/aromatic N) is 2. The van der Waals surface area contributed by atoms with Gasteiger partial charge in [0.25, 0.3) is 0 Å². The third-order valence-electron chi connectivity index (χ3n) is 7.96. The van der Waals surface area contributed by atoms with E-state index in [0.717, 1.165) is 28.3 Å². The van der Waals surface area contributed by atoms with E-state index in [1.807, 2.05) is 53.4 Å². The van der Waals surface area contributed by atoms with Crippen LogP contribution in [0.4, 0.5) is 28.2 Å². The maximum absolute atomic E-state index is 14.1. The van der Waals surface area contributed by atoms with Gasteiger partial charge in [0, 0.05) is 44.3 Å². The quantitative estimate of drug-likeness (QED) is 0.423. The maximum Gasteiger partial charge on any atom is 1.00 e. The smallest absolute Gasteiger partial charge is 0.449 e. The van der Waals surface area contributed by atoms with E-state index in [1.54, 1.807) is 31.7 Å². The largest absolute Gasteiger partial charge is 1.00 e. The first-order valence-corrected chi connectivity index (χ1v) is 14.5. The van der Waals surface area contributed by atoms with Crippen LogP contribution >= 0.6 is 0 Å². The maximum atomic E-state index is 14.1. The van der Waals surface area contributed by atoms with Crippen LogP contribution in [0.25, 0.3) is 11.1 Å². The molecular formula is C32H36BF3KN3O4. The number of hydrogen-bond acceptors (Lipinski definition) is 5. The Hall–Kier alpha value is -2.51. The van der Waals surface area contributed by atoms with E-state index in [2.05, 4.69) is 5.32 Å². The number of alkyl carbamates (subject to hydrolysis) is 1. The van der Waals surface area contributed by atoms with Crippen molar-refractivity contribution in [1.82, 2.24) is 10.2 Å². The Morgan fingerprint density at radius 2 is 1.50 bits per heavy atom. The first-order valence-electron chi connectivity index (χ1n) is 14.5. The van der Waals surface area contributed by atoms with Crippen LogP contribution in [0.2, 0.25) is 0 Å². The standard InChI is InChI=1S/C32H36BF3N3O4.K/c1-21-22(19-37-30(40)42-20-28-26-11-7-5-9-24(26)25-10-6-8-12-27(25)28)17-23(18-29(21)33(34,35)36)38-13-15-39(16-14-38)31(41)43-32(2,3)4;/h5-12,17-18,28H,13-16,19-20H2,1-4H3,(H,37,40);/q-1;+1. The minimum atomic E-state index is -5.29. The van der Waals surface area contributed by atoms with Crippen molar-refractivity contribution in [3.05, 3.63) is 82.9 Å². The van der Waals surface area contributed by atoms with E-state index in [4.69, 9.17) is 9.47 Å². The molecular weight excluding hydrogens is 597 g/mol. The van der Waals surface area contributed by atoms with Gasteiger partial charge in [-0.05, 0) is 61.6 Å². The Balaban J connectivity index is 0.00000442. The molecule has 44 heavy (non-hydrogen) atoms. The molecule has 2 amide bonds. The number of ether oxygens (including phenoxy) is 2. The topological polar surface area (TPSA) is 71.1 Å². The summed E-state index contributed by atoms with van der Waals surface area (Å²) in [5, 5.41) is 2.65. The van der Waals surface area contributed by atoms with E-state index in [1.165, 1.54) is 6.92 Å². The predicted molar refractivity (Wildman–Crippen MR) is 162 cm³/mol. The molecule has 0 aromatic heterocycles. The molecule has 0 bridgehead atoms. The van der Waals surface area contributed by atoms with Gasteiger partial charge in [-0.15, -0.1) is 5.46 Å². The van der Waals surface area contributed by atoms with Gasteiger partial charge in [-0.3, -0.25) is 0 Å². The van der Waals surface area contributed by atoms with Gasteiger partial charge >= 0.3 is 70.5 Å². The predicted octanol–water partition coefficient (Wildman–Crippen LogP) is 3.15. The summed E-state index contributed by atoms with van der Waals surface area (Å²) in [5.74, 6) is -0.123. The molecule has 0 radical (unpaired) electrons. The number of carbonyl (C=O) groups excluding carboxylic acids is 2. The Kier molecular flexibility index (Phi) is 10.8. The molecule has 2 aliphatic rings. The first-order chi connectivity index (χ1) is 20.3. The van der Waals surface area contributed by atoms with Crippen molar-refractivity contribution >= 4 is 30.3 Å². The van der Waals surface area contributed by atoms with Gasteiger partial charge in [0.15, 0.2) is 0 Å². The summed E-state index contributed by atoms with van der Waals surface area (Å²) < 4.78 is 53.3. The fraction of sp³-hybridized carbons (Fsp3) is 0.375. The van der Waals surface area contributed by atoms with Crippen LogP contribution in [0.5, 0.6) is 0 Å². The van der Waals surface area contributed by atoms with Gasteiger partial charge < -0.3 is 37.5 Å². The average Bonchev–Trinajstić information content (AvgIpc) is 3.27. The van der Waals surface area contributed by atoms with Crippen molar-refractivity contribution in [3.63, 3.8) is 0 Å². The number of fused-ring (bicyclic) bond motifs is 3. The van der Waals surface area contributed by atoms with E-state index >= 15 is 0 Å². The molecule has 228 valence electrons. The van der Waals surface area contributed by atoms with Crippen LogP contribution in [0.15, 0.2) is 60.7 Å². The summed E-state index contributed by atoms with van der Waals surface area (Å²) >= 11 is 0. The van der Waals surface area contributed by atoms with Crippen LogP contribution in [-0.4, -0.2) is 62.5 Å². The Morgan fingerprint density at radius 1 is 0.932 bits per heavy atom. The molecule has 3 aromatic carbocycles. The van der Waals surface area contributed by atoms with Crippen molar-refractivity contribution in [2.75, 3.05) is 37.7 Å². The van der Waals surface area contributed by atoms with Gasteiger partial charge in [0.05, 0.1) is 0 Å². The first kappa shape index (κ1) is 34.4. The van der Waals surface area contributed by atoms with Gasteiger partial charge in [-0.1, -0.05) is 60.2 Å². The average molecular weight is 634 g/mol. The number of anilines is 1. The fourth-order valence-electron chi connectivity index (χ4n) is 5.78. The Morgan fingerprint density at radius 3 is 2.05 bits per heavy atom. The Labute approximate surface area is 298 Å². The molecule has 0 spiro atoms. The molecule has 0 atom stereocenters. The van der Waals surface area contributed by atoms with Crippen molar-refractivity contribution in [2.24, 2.45) is 0 Å². The minimum Gasteiger partial charge on any atom is -0.449 e. The zero-order valence-electron chi connectivity index (χ0n) is 25.8. The number of rotatable bonds is 6. The van der Waals surface area contributed by atoms with Crippen molar-refractivity contribution < 1.29 is 83.4 Å². The summed E-state index contributed by atoms with van der Waals surface area (Å²) in [4.78, 5) is 28.6. The number of carbonyl (C=O) groups is 2. The molecule has 1 aliphatic carbocycles. The second-order valence-electron chi connectivity index (χ2n) is 12.0. The number of hydrogen-bond donors (Lipinski definition) is 1. The molecule has 5 rings (SSSR count). The number of piperazine rings is 1. The van der Waals surface area contributed by atoms with E-state index in [-0.39, 0.29) is 76.0 Å². The fourth-order valence-corrected chi connectivity index (χ4v) is 5.78. The summed E-state index contributed by atoms with van der Waals surface area (Å²) in [6.07, 6.45) is -1.14. The summed E-state index contributed by atoms with van der Waals surface area (Å²) in [6.45, 7) is 2.82. The third kappa shape index (κ3) is 7.82. The van der Waals surface area contributed by atoms with Gasteiger partial charge in [-0.2, -0.15) is 0 Å². The van der Waals surface area contributed by atoms with Gasteiger partial charge in [0.1, 0.15) is 12.2 Å². The molecule has 1 N–H and O–H groups in total. The van der Waals surface area contributed by atoms with Crippen LogP contribution in [0.3, 0.4) is 0 Å². The molecule has 0 saturated carbocycles. The van der Waals surface area contributed by atoms with E-state index < -0.39 is 30.2 Å².